The van der Waals surface area contributed by atoms with Gasteiger partial charge >= 0.3 is 16.1 Å². The molecule has 0 spiro atoms. The number of ether oxygens (including phenoxy) is 2. The van der Waals surface area contributed by atoms with Gasteiger partial charge in [0.1, 0.15) is 11.5 Å². The molecule has 0 N–H and O–H groups in total. The van der Waals surface area contributed by atoms with Crippen LogP contribution in [0.2, 0.25) is 0 Å². The van der Waals surface area contributed by atoms with Crippen molar-refractivity contribution in [3.63, 3.8) is 0 Å². The van der Waals surface area contributed by atoms with Crippen molar-refractivity contribution in [3.8, 4) is 11.5 Å². The molecule has 22 heavy (non-hydrogen) atoms. The molecule has 0 heterocycles. The van der Waals surface area contributed by atoms with Gasteiger partial charge in [0.2, 0.25) is 0 Å². The number of hydrogen-bond donors (Lipinski definition) is 0. The zero-order chi connectivity index (χ0) is 16.8. The first kappa shape index (κ1) is 18.3. The number of hydrogen-bond acceptors (Lipinski definition) is 6. The molecular weight excluding hydrogens is 308 g/mol. The van der Waals surface area contributed by atoms with Crippen molar-refractivity contribution in [2.24, 2.45) is 0 Å². The van der Waals surface area contributed by atoms with E-state index in [9.17, 15) is 13.2 Å². The predicted octanol–water partition coefficient (Wildman–Crippen LogP) is 2.77. The number of esters is 1. The Morgan fingerprint density at radius 3 is 2.18 bits per heavy atom. The lowest BCUT2D eigenvalue weighted by Gasteiger charge is -2.17. The van der Waals surface area contributed by atoms with Crippen LogP contribution in [-0.4, -0.2) is 33.4 Å². The van der Waals surface area contributed by atoms with Crippen LogP contribution in [0.5, 0.6) is 11.5 Å². The molecule has 0 atom stereocenters. The summed E-state index contributed by atoms with van der Waals surface area (Å²) >= 11 is 0. The Labute approximate surface area is 131 Å². The van der Waals surface area contributed by atoms with E-state index in [0.717, 1.165) is 19.1 Å². The fourth-order valence-corrected chi connectivity index (χ4v) is 2.29. The van der Waals surface area contributed by atoms with Crippen molar-refractivity contribution in [2.45, 2.75) is 39.7 Å². The molecular formula is C15H22O6S. The minimum atomic E-state index is -3.70. The first-order valence-electron chi connectivity index (χ1n) is 7.17. The Morgan fingerprint density at radius 1 is 1.09 bits per heavy atom. The lowest BCUT2D eigenvalue weighted by Crippen LogP contribution is -2.15. The zero-order valence-electron chi connectivity index (χ0n) is 13.3. The van der Waals surface area contributed by atoms with Gasteiger partial charge in [0.05, 0.1) is 24.5 Å². The third kappa shape index (κ3) is 5.93. The molecule has 0 unspecified atom stereocenters. The molecule has 0 aliphatic heterocycles. The van der Waals surface area contributed by atoms with Crippen LogP contribution in [0.1, 0.15) is 44.0 Å². The summed E-state index contributed by atoms with van der Waals surface area (Å²) in [5.74, 6) is -0.164. The maximum Gasteiger partial charge on any atom is 0.338 e. The summed E-state index contributed by atoms with van der Waals surface area (Å²) in [4.78, 5) is 11.9. The second kappa shape index (κ2) is 8.03. The quantitative estimate of drug-likeness (QED) is 0.539. The average molecular weight is 330 g/mol. The largest absolute Gasteiger partial charge is 0.490 e. The summed E-state index contributed by atoms with van der Waals surface area (Å²) < 4.78 is 38.1. The molecule has 1 rings (SSSR count). The fraction of sp³-hybridized carbons (Fsp3) is 0.533. The Kier molecular flexibility index (Phi) is 6.67. The highest BCUT2D eigenvalue weighted by atomic mass is 32.2. The Balaban J connectivity index is 3.16. The van der Waals surface area contributed by atoms with E-state index in [1.54, 1.807) is 6.92 Å². The van der Waals surface area contributed by atoms with E-state index < -0.39 is 16.1 Å². The number of carbonyl (C=O) groups excluding carboxylic acids is 1. The molecule has 0 fully saturated rings. The second-order valence-corrected chi connectivity index (χ2v) is 6.33. The van der Waals surface area contributed by atoms with Crippen LogP contribution in [0.4, 0.5) is 0 Å². The van der Waals surface area contributed by atoms with Crippen LogP contribution in [0.3, 0.4) is 0 Å². The van der Waals surface area contributed by atoms with E-state index in [-0.39, 0.29) is 24.0 Å². The molecule has 0 radical (unpaired) electrons. The molecule has 1 aromatic carbocycles. The summed E-state index contributed by atoms with van der Waals surface area (Å²) in [7, 11) is -3.70. The summed E-state index contributed by atoms with van der Waals surface area (Å²) in [5, 5.41) is 0. The highest BCUT2D eigenvalue weighted by molar-refractivity contribution is 7.86. The van der Waals surface area contributed by atoms with E-state index in [4.69, 9.17) is 13.7 Å². The van der Waals surface area contributed by atoms with Gasteiger partial charge in [-0.3, -0.25) is 0 Å². The van der Waals surface area contributed by atoms with E-state index in [2.05, 4.69) is 0 Å². The number of rotatable bonds is 8. The van der Waals surface area contributed by atoms with Crippen LogP contribution in [-0.2, 0) is 14.9 Å². The van der Waals surface area contributed by atoms with Gasteiger partial charge in [-0.1, -0.05) is 13.8 Å². The van der Waals surface area contributed by atoms with E-state index in [1.165, 1.54) is 18.2 Å². The van der Waals surface area contributed by atoms with Crippen molar-refractivity contribution in [1.29, 1.82) is 0 Å². The standard InChI is InChI=1S/C15H22O6S/c1-5-12(6-2)20-13-8-11(15(16)19-7-3)9-14(10-13)21-22(4,17)18/h8-10,12H,5-7H2,1-4H3. The number of benzene rings is 1. The summed E-state index contributed by atoms with van der Waals surface area (Å²) in [6.45, 7) is 5.88. The molecule has 0 saturated carbocycles. The number of carbonyl (C=O) groups is 1. The van der Waals surface area contributed by atoms with Crippen LogP contribution in [0.15, 0.2) is 18.2 Å². The van der Waals surface area contributed by atoms with Crippen molar-refractivity contribution in [2.75, 3.05) is 12.9 Å². The van der Waals surface area contributed by atoms with E-state index in [1.807, 2.05) is 13.8 Å². The van der Waals surface area contributed by atoms with Gasteiger partial charge in [0.25, 0.3) is 0 Å². The van der Waals surface area contributed by atoms with Gasteiger partial charge in [-0.05, 0) is 31.9 Å². The maximum atomic E-state index is 11.9. The van der Waals surface area contributed by atoms with Crippen molar-refractivity contribution < 1.29 is 26.9 Å². The summed E-state index contributed by atoms with van der Waals surface area (Å²) in [6, 6.07) is 4.28. The molecule has 1 aromatic rings. The average Bonchev–Trinajstić information content (AvgIpc) is 2.43. The van der Waals surface area contributed by atoms with Crippen molar-refractivity contribution in [1.82, 2.24) is 0 Å². The normalized spacial score (nSPS) is 11.3. The van der Waals surface area contributed by atoms with Crippen molar-refractivity contribution in [3.05, 3.63) is 23.8 Å². The lowest BCUT2D eigenvalue weighted by atomic mass is 10.2. The predicted molar refractivity (Wildman–Crippen MR) is 82.9 cm³/mol. The third-order valence-corrected chi connectivity index (χ3v) is 3.35. The van der Waals surface area contributed by atoms with Gasteiger partial charge in [-0.25, -0.2) is 4.79 Å². The van der Waals surface area contributed by atoms with Gasteiger partial charge in [-0.15, -0.1) is 0 Å². The van der Waals surface area contributed by atoms with Crippen LogP contribution >= 0.6 is 0 Å². The molecule has 0 bridgehead atoms. The SMILES string of the molecule is CCOC(=O)c1cc(OC(CC)CC)cc(OS(C)(=O)=O)c1. The van der Waals surface area contributed by atoms with Gasteiger partial charge in [0.15, 0.2) is 0 Å². The minimum absolute atomic E-state index is 0.0222. The summed E-state index contributed by atoms with van der Waals surface area (Å²) in [5.41, 5.74) is 0.184. The Bertz CT molecular complexity index is 604. The first-order chi connectivity index (χ1) is 10.3. The highest BCUT2D eigenvalue weighted by Gasteiger charge is 2.15. The molecule has 0 aromatic heterocycles. The van der Waals surface area contributed by atoms with E-state index in [0.29, 0.717) is 5.75 Å². The Hall–Kier alpha value is -1.76. The smallest absolute Gasteiger partial charge is 0.338 e. The molecule has 0 aliphatic carbocycles. The van der Waals surface area contributed by atoms with Gasteiger partial charge in [-0.2, -0.15) is 8.42 Å². The molecule has 0 aliphatic rings. The third-order valence-electron chi connectivity index (χ3n) is 2.85. The zero-order valence-corrected chi connectivity index (χ0v) is 14.1. The van der Waals surface area contributed by atoms with Crippen molar-refractivity contribution >= 4 is 16.1 Å². The molecule has 124 valence electrons. The summed E-state index contributed by atoms with van der Waals surface area (Å²) in [6.07, 6.45) is 2.50. The topological polar surface area (TPSA) is 78.9 Å². The fourth-order valence-electron chi connectivity index (χ4n) is 1.84. The minimum Gasteiger partial charge on any atom is -0.490 e. The van der Waals surface area contributed by atoms with Crippen LogP contribution in [0, 0.1) is 0 Å². The molecule has 0 saturated heterocycles. The first-order valence-corrected chi connectivity index (χ1v) is 8.99. The van der Waals surface area contributed by atoms with Gasteiger partial charge in [0, 0.05) is 6.07 Å². The Morgan fingerprint density at radius 2 is 1.68 bits per heavy atom. The van der Waals surface area contributed by atoms with Gasteiger partial charge < -0.3 is 13.7 Å². The molecule has 6 nitrogen and oxygen atoms in total. The van der Waals surface area contributed by atoms with E-state index >= 15 is 0 Å². The molecule has 0 amide bonds. The monoisotopic (exact) mass is 330 g/mol. The second-order valence-electron chi connectivity index (χ2n) is 4.76. The van der Waals surface area contributed by atoms with Crippen LogP contribution in [0.25, 0.3) is 0 Å². The molecule has 7 heteroatoms. The maximum absolute atomic E-state index is 11.9. The van der Waals surface area contributed by atoms with Crippen LogP contribution < -0.4 is 8.92 Å². The lowest BCUT2D eigenvalue weighted by molar-refractivity contribution is 0.0525. The highest BCUT2D eigenvalue weighted by Crippen LogP contribution is 2.26.